The third kappa shape index (κ3) is 5.12. The second kappa shape index (κ2) is 9.04. The zero-order valence-corrected chi connectivity index (χ0v) is 18.3. The predicted molar refractivity (Wildman–Crippen MR) is 118 cm³/mol. The predicted octanol–water partition coefficient (Wildman–Crippen LogP) is 5.08. The van der Waals surface area contributed by atoms with Crippen molar-refractivity contribution in [1.29, 1.82) is 0 Å². The minimum Gasteiger partial charge on any atom is -0.496 e. The fraction of sp³-hybridized carbons (Fsp3) is 0.292. The maximum absolute atomic E-state index is 13.0. The first-order valence-corrected chi connectivity index (χ1v) is 9.97. The van der Waals surface area contributed by atoms with Crippen LogP contribution in [-0.4, -0.2) is 30.7 Å². The number of nitrogens with zero attached hydrogens (tertiary/aromatic N) is 1. The number of hydrogen-bond acceptors (Lipinski definition) is 6. The van der Waals surface area contributed by atoms with Crippen molar-refractivity contribution in [1.82, 2.24) is 5.16 Å². The number of benzene rings is 2. The molecule has 162 valence electrons. The molecule has 7 heteroatoms. The second-order valence-electron chi connectivity index (χ2n) is 8.00. The zero-order valence-electron chi connectivity index (χ0n) is 18.3. The Morgan fingerprint density at radius 3 is 2.55 bits per heavy atom. The maximum atomic E-state index is 13.0. The van der Waals surface area contributed by atoms with E-state index in [4.69, 9.17) is 14.0 Å². The molecular formula is C24H26N2O5. The summed E-state index contributed by atoms with van der Waals surface area (Å²) in [6.45, 7) is 8.23. The molecule has 0 aliphatic heterocycles. The molecule has 3 aromatic rings. The molecule has 1 heterocycles. The van der Waals surface area contributed by atoms with Gasteiger partial charge >= 0.3 is 5.97 Å². The Morgan fingerprint density at radius 2 is 1.87 bits per heavy atom. The van der Waals surface area contributed by atoms with Gasteiger partial charge in [0.05, 0.1) is 19.3 Å². The smallest absolute Gasteiger partial charge is 0.360 e. The molecule has 0 aliphatic carbocycles. The number of carbonyl (C=O) groups is 2. The monoisotopic (exact) mass is 422 g/mol. The molecule has 2 aromatic carbocycles. The summed E-state index contributed by atoms with van der Waals surface area (Å²) in [5, 5.41) is 6.65. The Bertz CT molecular complexity index is 1100. The Balaban J connectivity index is 1.85. The van der Waals surface area contributed by atoms with Crippen LogP contribution in [0.1, 0.15) is 54.1 Å². The highest BCUT2D eigenvalue weighted by atomic mass is 16.5. The average molecular weight is 422 g/mol. The molecule has 31 heavy (non-hydrogen) atoms. The van der Waals surface area contributed by atoms with Crippen LogP contribution in [0, 0.1) is 0 Å². The van der Waals surface area contributed by atoms with Crippen molar-refractivity contribution >= 4 is 17.6 Å². The van der Waals surface area contributed by atoms with Crippen LogP contribution in [0.5, 0.6) is 5.75 Å². The van der Waals surface area contributed by atoms with Crippen molar-refractivity contribution in [3.05, 3.63) is 65.4 Å². The molecule has 1 aromatic heterocycles. The highest BCUT2D eigenvalue weighted by Crippen LogP contribution is 2.29. The molecule has 0 spiro atoms. The van der Waals surface area contributed by atoms with Crippen LogP contribution >= 0.6 is 0 Å². The van der Waals surface area contributed by atoms with Gasteiger partial charge in [0.1, 0.15) is 5.75 Å². The summed E-state index contributed by atoms with van der Waals surface area (Å²) in [7, 11) is 1.54. The minimum absolute atomic E-state index is 0.0926. The highest BCUT2D eigenvalue weighted by Gasteiger charge is 2.20. The molecule has 7 nitrogen and oxygen atoms in total. The molecule has 0 saturated heterocycles. The molecule has 0 saturated carbocycles. The Morgan fingerprint density at radius 1 is 1.10 bits per heavy atom. The van der Waals surface area contributed by atoms with Gasteiger partial charge in [-0.3, -0.25) is 4.79 Å². The van der Waals surface area contributed by atoms with Crippen LogP contribution in [0.25, 0.3) is 11.3 Å². The van der Waals surface area contributed by atoms with Gasteiger partial charge in [0.15, 0.2) is 11.5 Å². The Hall–Kier alpha value is -3.61. The third-order valence-corrected chi connectivity index (χ3v) is 4.71. The van der Waals surface area contributed by atoms with Crippen molar-refractivity contribution in [2.45, 2.75) is 33.1 Å². The minimum atomic E-state index is -0.548. The number of hydrogen-bond donors (Lipinski definition) is 1. The van der Waals surface area contributed by atoms with E-state index < -0.39 is 5.97 Å². The molecule has 1 amide bonds. The lowest BCUT2D eigenvalue weighted by molar-refractivity contribution is 0.0514. The van der Waals surface area contributed by atoms with Crippen LogP contribution in [0.15, 0.2) is 53.1 Å². The van der Waals surface area contributed by atoms with E-state index in [0.29, 0.717) is 28.3 Å². The fourth-order valence-electron chi connectivity index (χ4n) is 3.01. The molecule has 0 radical (unpaired) electrons. The number of nitrogens with one attached hydrogen (secondary N) is 1. The summed E-state index contributed by atoms with van der Waals surface area (Å²) >= 11 is 0. The number of ether oxygens (including phenoxy) is 2. The second-order valence-corrected chi connectivity index (χ2v) is 8.00. The van der Waals surface area contributed by atoms with Crippen molar-refractivity contribution in [2.24, 2.45) is 0 Å². The third-order valence-electron chi connectivity index (χ3n) is 4.71. The molecule has 0 atom stereocenters. The molecule has 0 aliphatic rings. The summed E-state index contributed by atoms with van der Waals surface area (Å²) in [5.41, 5.74) is 2.69. The van der Waals surface area contributed by atoms with E-state index >= 15 is 0 Å². The van der Waals surface area contributed by atoms with Crippen LogP contribution in [0.4, 0.5) is 5.69 Å². The highest BCUT2D eigenvalue weighted by molar-refractivity contribution is 6.06. The van der Waals surface area contributed by atoms with Gasteiger partial charge in [0.2, 0.25) is 0 Å². The van der Waals surface area contributed by atoms with Crippen LogP contribution in [0.2, 0.25) is 0 Å². The first-order valence-electron chi connectivity index (χ1n) is 9.97. The van der Waals surface area contributed by atoms with E-state index in [0.717, 1.165) is 5.56 Å². The standard InChI is InChI=1S/C24H26N2O5/c1-6-30-23(28)19-14-21(31-26-19)15-8-7-9-17(12-15)25-22(27)18-13-16(24(2,3)4)10-11-20(18)29-5/h7-14H,6H2,1-5H3,(H,25,27). The first-order chi connectivity index (χ1) is 14.7. The number of aromatic nitrogens is 1. The lowest BCUT2D eigenvalue weighted by atomic mass is 9.86. The molecule has 0 bridgehead atoms. The van der Waals surface area contributed by atoms with Gasteiger partial charge in [0.25, 0.3) is 5.91 Å². The van der Waals surface area contributed by atoms with Gasteiger partial charge in [-0.05, 0) is 42.2 Å². The molecular weight excluding hydrogens is 396 g/mol. The fourth-order valence-corrected chi connectivity index (χ4v) is 3.01. The van der Waals surface area contributed by atoms with Crippen LogP contribution < -0.4 is 10.1 Å². The van der Waals surface area contributed by atoms with Crippen molar-refractivity contribution < 1.29 is 23.6 Å². The van der Waals surface area contributed by atoms with Gasteiger partial charge in [0, 0.05) is 17.3 Å². The normalized spacial score (nSPS) is 11.1. The maximum Gasteiger partial charge on any atom is 0.360 e. The van der Waals surface area contributed by atoms with Crippen LogP contribution in [-0.2, 0) is 10.2 Å². The summed E-state index contributed by atoms with van der Waals surface area (Å²) in [5.74, 6) is 0.0556. The summed E-state index contributed by atoms with van der Waals surface area (Å²) < 4.78 is 15.6. The van der Waals surface area contributed by atoms with E-state index in [1.54, 1.807) is 37.3 Å². The van der Waals surface area contributed by atoms with Crippen molar-refractivity contribution in [3.63, 3.8) is 0 Å². The zero-order chi connectivity index (χ0) is 22.6. The lowest BCUT2D eigenvalue weighted by Gasteiger charge is -2.21. The number of anilines is 1. The van der Waals surface area contributed by atoms with Gasteiger partial charge in [-0.1, -0.05) is 44.1 Å². The van der Waals surface area contributed by atoms with E-state index in [1.807, 2.05) is 12.1 Å². The van der Waals surface area contributed by atoms with Crippen molar-refractivity contribution in [2.75, 3.05) is 19.0 Å². The Labute approximate surface area is 181 Å². The molecule has 0 fully saturated rings. The van der Waals surface area contributed by atoms with Crippen LogP contribution in [0.3, 0.4) is 0 Å². The lowest BCUT2D eigenvalue weighted by Crippen LogP contribution is -2.17. The summed E-state index contributed by atoms with van der Waals surface area (Å²) in [6, 6.07) is 14.2. The topological polar surface area (TPSA) is 90.7 Å². The molecule has 0 unspecified atom stereocenters. The van der Waals surface area contributed by atoms with Gasteiger partial charge in [-0.15, -0.1) is 0 Å². The quantitative estimate of drug-likeness (QED) is 0.557. The largest absolute Gasteiger partial charge is 0.496 e. The molecule has 1 N–H and O–H groups in total. The van der Waals surface area contributed by atoms with E-state index in [2.05, 4.69) is 31.2 Å². The summed E-state index contributed by atoms with van der Waals surface area (Å²) in [4.78, 5) is 24.8. The van der Waals surface area contributed by atoms with E-state index in [1.165, 1.54) is 13.2 Å². The molecule has 3 rings (SSSR count). The number of amides is 1. The van der Waals surface area contributed by atoms with Gasteiger partial charge in [-0.25, -0.2) is 4.79 Å². The number of methoxy groups -OCH3 is 1. The number of carbonyl (C=O) groups excluding carboxylic acids is 2. The SMILES string of the molecule is CCOC(=O)c1cc(-c2cccc(NC(=O)c3cc(C(C)(C)C)ccc3OC)c2)on1. The van der Waals surface area contributed by atoms with Gasteiger partial charge < -0.3 is 19.3 Å². The first kappa shape index (κ1) is 22.1. The Kier molecular flexibility index (Phi) is 6.44. The number of rotatable bonds is 6. The van der Waals surface area contributed by atoms with E-state index in [9.17, 15) is 9.59 Å². The van der Waals surface area contributed by atoms with Gasteiger partial charge in [-0.2, -0.15) is 0 Å². The van der Waals surface area contributed by atoms with Crippen molar-refractivity contribution in [3.8, 4) is 17.1 Å². The van der Waals surface area contributed by atoms with E-state index in [-0.39, 0.29) is 23.6 Å². The number of esters is 1. The average Bonchev–Trinajstić information content (AvgIpc) is 3.23. The summed E-state index contributed by atoms with van der Waals surface area (Å²) in [6.07, 6.45) is 0.